The Morgan fingerprint density at radius 3 is 2.90 bits per heavy atom. The molecule has 3 nitrogen and oxygen atoms in total. The summed E-state index contributed by atoms with van der Waals surface area (Å²) in [5.41, 5.74) is 11.2. The van der Waals surface area contributed by atoms with Gasteiger partial charge >= 0.3 is 0 Å². The second kappa shape index (κ2) is 5.50. The van der Waals surface area contributed by atoms with Crippen LogP contribution < -0.4 is 5.73 Å². The van der Waals surface area contributed by atoms with Gasteiger partial charge in [-0.2, -0.15) is 0 Å². The molecule has 1 heterocycles. The molecule has 102 valence electrons. The van der Waals surface area contributed by atoms with Crippen LogP contribution in [0.25, 0.3) is 11.0 Å². The number of H-pyrrole nitrogens is 1. The molecule has 0 unspecified atom stereocenters. The zero-order chi connectivity index (χ0) is 14.1. The molecular formula is C15H14BrN3S. The maximum atomic E-state index is 6.01. The van der Waals surface area contributed by atoms with E-state index in [0.717, 1.165) is 37.7 Å². The van der Waals surface area contributed by atoms with Crippen molar-refractivity contribution in [3.8, 4) is 0 Å². The number of hydrogen-bond acceptors (Lipinski definition) is 3. The molecule has 0 saturated heterocycles. The summed E-state index contributed by atoms with van der Waals surface area (Å²) in [5.74, 6) is 0.803. The fraction of sp³-hybridized carbons (Fsp3) is 0.133. The fourth-order valence-corrected chi connectivity index (χ4v) is 3.29. The number of nitrogens with one attached hydrogen (secondary N) is 1. The molecule has 1 aromatic heterocycles. The van der Waals surface area contributed by atoms with Gasteiger partial charge in [0.05, 0.1) is 11.0 Å². The number of nitrogen functional groups attached to an aromatic ring is 1. The van der Waals surface area contributed by atoms with E-state index in [9.17, 15) is 0 Å². The minimum Gasteiger partial charge on any atom is -0.398 e. The first-order valence-electron chi connectivity index (χ1n) is 6.25. The zero-order valence-corrected chi connectivity index (χ0v) is 13.4. The Hall–Kier alpha value is -1.46. The van der Waals surface area contributed by atoms with Gasteiger partial charge in [-0.3, -0.25) is 0 Å². The van der Waals surface area contributed by atoms with E-state index in [1.165, 1.54) is 5.56 Å². The summed E-state index contributed by atoms with van der Waals surface area (Å²) in [6, 6.07) is 12.2. The lowest BCUT2D eigenvalue weighted by atomic mass is 10.2. The first-order valence-corrected chi connectivity index (χ1v) is 8.03. The molecule has 0 aliphatic carbocycles. The molecule has 0 fully saturated rings. The highest BCUT2D eigenvalue weighted by Crippen LogP contribution is 2.27. The van der Waals surface area contributed by atoms with Gasteiger partial charge in [0.2, 0.25) is 0 Å². The lowest BCUT2D eigenvalue weighted by Crippen LogP contribution is -1.92. The second-order valence-electron chi connectivity index (χ2n) is 4.69. The topological polar surface area (TPSA) is 54.7 Å². The molecule has 0 aliphatic heterocycles. The maximum Gasteiger partial charge on any atom is 0.166 e. The summed E-state index contributed by atoms with van der Waals surface area (Å²) in [5, 5.41) is 0.924. The Kier molecular flexibility index (Phi) is 3.72. The number of anilines is 1. The number of halogens is 1. The molecule has 3 aromatic rings. The van der Waals surface area contributed by atoms with Crippen LogP contribution in [0.5, 0.6) is 0 Å². The summed E-state index contributed by atoms with van der Waals surface area (Å²) < 4.78 is 1.00. The van der Waals surface area contributed by atoms with E-state index < -0.39 is 0 Å². The van der Waals surface area contributed by atoms with Gasteiger partial charge in [-0.1, -0.05) is 39.8 Å². The highest BCUT2D eigenvalue weighted by molar-refractivity contribution is 9.10. The second-order valence-corrected chi connectivity index (χ2v) is 6.57. The average molecular weight is 348 g/mol. The number of thioether (sulfide) groups is 1. The summed E-state index contributed by atoms with van der Waals surface area (Å²) in [4.78, 5) is 7.91. The number of fused-ring (bicyclic) bond motifs is 1. The molecule has 2 aromatic carbocycles. The minimum atomic E-state index is 0.803. The minimum absolute atomic E-state index is 0.803. The molecule has 0 bridgehead atoms. The maximum absolute atomic E-state index is 6.01. The quantitative estimate of drug-likeness (QED) is 0.541. The van der Waals surface area contributed by atoms with Gasteiger partial charge in [0.1, 0.15) is 0 Å². The van der Waals surface area contributed by atoms with Gasteiger partial charge in [0, 0.05) is 15.9 Å². The summed E-state index contributed by atoms with van der Waals surface area (Å²) in [7, 11) is 0. The largest absolute Gasteiger partial charge is 0.398 e. The van der Waals surface area contributed by atoms with Crippen LogP contribution in [0.15, 0.2) is 46.0 Å². The van der Waals surface area contributed by atoms with Gasteiger partial charge < -0.3 is 10.7 Å². The van der Waals surface area contributed by atoms with Crippen molar-refractivity contribution in [3.63, 3.8) is 0 Å². The van der Waals surface area contributed by atoms with Crippen LogP contribution in [0.1, 0.15) is 11.1 Å². The van der Waals surface area contributed by atoms with Crippen LogP contribution in [0.4, 0.5) is 5.69 Å². The van der Waals surface area contributed by atoms with Crippen LogP contribution in [0.2, 0.25) is 0 Å². The average Bonchev–Trinajstić information content (AvgIpc) is 2.79. The summed E-state index contributed by atoms with van der Waals surface area (Å²) in [6.07, 6.45) is 0. The summed E-state index contributed by atoms with van der Waals surface area (Å²) >= 11 is 5.08. The Bertz CT molecular complexity index is 767. The number of benzene rings is 2. The van der Waals surface area contributed by atoms with Crippen LogP contribution in [0, 0.1) is 6.92 Å². The molecule has 0 atom stereocenters. The molecule has 0 saturated carbocycles. The van der Waals surface area contributed by atoms with Crippen molar-refractivity contribution in [2.24, 2.45) is 0 Å². The third-order valence-corrected chi connectivity index (χ3v) is 4.50. The third kappa shape index (κ3) is 2.83. The Labute approximate surface area is 130 Å². The normalized spacial score (nSPS) is 11.1. The number of imidazole rings is 1. The highest BCUT2D eigenvalue weighted by Gasteiger charge is 2.06. The number of aryl methyl sites for hydroxylation is 1. The van der Waals surface area contributed by atoms with Crippen molar-refractivity contribution < 1.29 is 0 Å². The van der Waals surface area contributed by atoms with Gasteiger partial charge in [0.15, 0.2) is 5.16 Å². The van der Waals surface area contributed by atoms with Crippen molar-refractivity contribution >= 4 is 44.4 Å². The van der Waals surface area contributed by atoms with Crippen LogP contribution in [0.3, 0.4) is 0 Å². The van der Waals surface area contributed by atoms with Gasteiger partial charge in [0.25, 0.3) is 0 Å². The van der Waals surface area contributed by atoms with Crippen LogP contribution in [-0.4, -0.2) is 9.97 Å². The van der Waals surface area contributed by atoms with Crippen molar-refractivity contribution in [3.05, 3.63) is 52.0 Å². The van der Waals surface area contributed by atoms with E-state index in [0.29, 0.717) is 0 Å². The molecule has 0 radical (unpaired) electrons. The van der Waals surface area contributed by atoms with Crippen molar-refractivity contribution in [1.82, 2.24) is 9.97 Å². The van der Waals surface area contributed by atoms with Crippen LogP contribution in [-0.2, 0) is 5.75 Å². The van der Waals surface area contributed by atoms with Gasteiger partial charge in [-0.25, -0.2) is 4.98 Å². The number of rotatable bonds is 3. The van der Waals surface area contributed by atoms with E-state index in [2.05, 4.69) is 45.0 Å². The molecule has 20 heavy (non-hydrogen) atoms. The number of aromatic nitrogens is 2. The molecule has 0 aliphatic rings. The molecule has 3 N–H and O–H groups in total. The number of aromatic amines is 1. The first kappa shape index (κ1) is 13.5. The molecule has 0 spiro atoms. The lowest BCUT2D eigenvalue weighted by molar-refractivity contribution is 1.08. The van der Waals surface area contributed by atoms with E-state index in [-0.39, 0.29) is 0 Å². The Balaban J connectivity index is 1.79. The SMILES string of the molecule is Cc1ccc2nc(SCc3ccc(Br)cc3N)[nH]c2c1. The highest BCUT2D eigenvalue weighted by atomic mass is 79.9. The van der Waals surface area contributed by atoms with Gasteiger partial charge in [-0.15, -0.1) is 0 Å². The molecule has 3 rings (SSSR count). The standard InChI is InChI=1S/C15H14BrN3S/c1-9-2-5-13-14(6-9)19-15(18-13)20-8-10-3-4-11(16)7-12(10)17/h2-7H,8,17H2,1H3,(H,18,19). The Morgan fingerprint density at radius 1 is 1.25 bits per heavy atom. The van der Waals surface area contributed by atoms with E-state index in [1.807, 2.05) is 24.3 Å². The number of nitrogens with zero attached hydrogens (tertiary/aromatic N) is 1. The van der Waals surface area contributed by atoms with Crippen molar-refractivity contribution in [2.75, 3.05) is 5.73 Å². The van der Waals surface area contributed by atoms with E-state index in [4.69, 9.17) is 5.73 Å². The third-order valence-electron chi connectivity index (χ3n) is 3.09. The monoisotopic (exact) mass is 347 g/mol. The molecule has 5 heteroatoms. The van der Waals surface area contributed by atoms with Crippen molar-refractivity contribution in [1.29, 1.82) is 0 Å². The number of hydrogen-bond donors (Lipinski definition) is 2. The molecule has 0 amide bonds. The van der Waals surface area contributed by atoms with Gasteiger partial charge in [-0.05, 0) is 42.3 Å². The predicted molar refractivity (Wildman–Crippen MR) is 88.9 cm³/mol. The first-order chi connectivity index (χ1) is 9.61. The number of nitrogens with two attached hydrogens (primary N) is 1. The molecular weight excluding hydrogens is 334 g/mol. The smallest absolute Gasteiger partial charge is 0.166 e. The lowest BCUT2D eigenvalue weighted by Gasteiger charge is -2.04. The van der Waals surface area contributed by atoms with E-state index >= 15 is 0 Å². The fourth-order valence-electron chi connectivity index (χ4n) is 2.01. The van der Waals surface area contributed by atoms with Crippen LogP contribution >= 0.6 is 27.7 Å². The Morgan fingerprint density at radius 2 is 2.10 bits per heavy atom. The summed E-state index contributed by atoms with van der Waals surface area (Å²) in [6.45, 7) is 2.08. The zero-order valence-electron chi connectivity index (χ0n) is 11.0. The predicted octanol–water partition coefficient (Wildman–Crippen LogP) is 4.51. The van der Waals surface area contributed by atoms with Crippen molar-refractivity contribution in [2.45, 2.75) is 17.8 Å². The van der Waals surface area contributed by atoms with E-state index in [1.54, 1.807) is 11.8 Å².